The minimum atomic E-state index is -0.466. The molecule has 18 heavy (non-hydrogen) atoms. The second-order valence-electron chi connectivity index (χ2n) is 3.91. The van der Waals surface area contributed by atoms with Gasteiger partial charge >= 0.3 is 5.97 Å². The van der Waals surface area contributed by atoms with E-state index in [0.29, 0.717) is 5.56 Å². The van der Waals surface area contributed by atoms with Gasteiger partial charge in [0.15, 0.2) is 11.5 Å². The summed E-state index contributed by atoms with van der Waals surface area (Å²) in [6, 6.07) is 13.7. The van der Waals surface area contributed by atoms with Crippen molar-refractivity contribution in [3.8, 4) is 11.5 Å². The van der Waals surface area contributed by atoms with E-state index in [1.807, 2.05) is 19.1 Å². The molecule has 2 aromatic carbocycles. The molecule has 0 atom stereocenters. The van der Waals surface area contributed by atoms with Crippen LogP contribution < -0.4 is 4.74 Å². The molecule has 92 valence electrons. The Kier molecular flexibility index (Phi) is 3.63. The van der Waals surface area contributed by atoms with Crippen molar-refractivity contribution in [3.63, 3.8) is 0 Å². The predicted molar refractivity (Wildman–Crippen MR) is 68.9 cm³/mol. The first kappa shape index (κ1) is 12.2. The van der Waals surface area contributed by atoms with Gasteiger partial charge in [-0.15, -0.1) is 0 Å². The van der Waals surface area contributed by atoms with Crippen LogP contribution in [0.1, 0.15) is 22.8 Å². The molecule has 0 unspecified atom stereocenters. The molecular formula is C15H14O3. The average Bonchev–Trinajstić information content (AvgIpc) is 2.41. The van der Waals surface area contributed by atoms with Crippen molar-refractivity contribution in [2.24, 2.45) is 0 Å². The number of carbonyl (C=O) groups is 1. The fraction of sp³-hybridized carbons (Fsp3) is 0.133. The number of hydrogen-bond donors (Lipinski definition) is 1. The average molecular weight is 242 g/mol. The maximum Gasteiger partial charge on any atom is 0.343 e. The third kappa shape index (κ3) is 2.69. The van der Waals surface area contributed by atoms with Crippen molar-refractivity contribution >= 4 is 5.97 Å². The van der Waals surface area contributed by atoms with E-state index in [9.17, 15) is 9.90 Å². The molecule has 0 bridgehead atoms. The maximum absolute atomic E-state index is 11.9. The molecule has 3 heteroatoms. The first-order valence-corrected chi connectivity index (χ1v) is 5.80. The first-order chi connectivity index (χ1) is 8.70. The van der Waals surface area contributed by atoms with Crippen LogP contribution in [0.2, 0.25) is 0 Å². The zero-order valence-electron chi connectivity index (χ0n) is 10.1. The van der Waals surface area contributed by atoms with Gasteiger partial charge in [0.2, 0.25) is 0 Å². The zero-order chi connectivity index (χ0) is 13.0. The van der Waals surface area contributed by atoms with E-state index >= 15 is 0 Å². The van der Waals surface area contributed by atoms with Crippen LogP contribution in [-0.4, -0.2) is 11.1 Å². The standard InChI is InChI=1S/C15H14O3/c1-2-11-6-5-7-12(10-11)15(17)18-14-9-4-3-8-13(14)16/h3-10,16H,2H2,1H3. The summed E-state index contributed by atoms with van der Waals surface area (Å²) >= 11 is 0. The summed E-state index contributed by atoms with van der Waals surface area (Å²) in [5, 5.41) is 9.53. The lowest BCUT2D eigenvalue weighted by Crippen LogP contribution is -2.08. The summed E-state index contributed by atoms with van der Waals surface area (Å²) in [7, 11) is 0. The van der Waals surface area contributed by atoms with E-state index in [4.69, 9.17) is 4.74 Å². The lowest BCUT2D eigenvalue weighted by Gasteiger charge is -2.06. The van der Waals surface area contributed by atoms with Gasteiger partial charge in [-0.2, -0.15) is 0 Å². The van der Waals surface area contributed by atoms with Crippen molar-refractivity contribution in [3.05, 3.63) is 59.7 Å². The molecule has 3 nitrogen and oxygen atoms in total. The van der Waals surface area contributed by atoms with Crippen molar-refractivity contribution in [2.75, 3.05) is 0 Å². The number of aromatic hydroxyl groups is 1. The van der Waals surface area contributed by atoms with E-state index in [-0.39, 0.29) is 11.5 Å². The SMILES string of the molecule is CCc1cccc(C(=O)Oc2ccccc2O)c1. The minimum Gasteiger partial charge on any atom is -0.504 e. The van der Waals surface area contributed by atoms with Crippen molar-refractivity contribution in [2.45, 2.75) is 13.3 Å². The quantitative estimate of drug-likeness (QED) is 0.664. The molecule has 1 N–H and O–H groups in total. The van der Waals surface area contributed by atoms with Crippen LogP contribution in [0.25, 0.3) is 0 Å². The van der Waals surface area contributed by atoms with Crippen molar-refractivity contribution < 1.29 is 14.6 Å². The number of hydrogen-bond acceptors (Lipinski definition) is 3. The second-order valence-corrected chi connectivity index (χ2v) is 3.91. The molecule has 0 spiro atoms. The molecule has 0 amide bonds. The molecule has 0 saturated heterocycles. The van der Waals surface area contributed by atoms with Crippen LogP contribution in [0.3, 0.4) is 0 Å². The van der Waals surface area contributed by atoms with Gasteiger partial charge in [-0.25, -0.2) is 4.79 Å². The monoisotopic (exact) mass is 242 g/mol. The van der Waals surface area contributed by atoms with Gasteiger partial charge in [0, 0.05) is 0 Å². The van der Waals surface area contributed by atoms with Gasteiger partial charge in [-0.3, -0.25) is 0 Å². The molecule has 0 aliphatic carbocycles. The number of ether oxygens (including phenoxy) is 1. The zero-order valence-corrected chi connectivity index (χ0v) is 10.1. The molecule has 2 aromatic rings. The highest BCUT2D eigenvalue weighted by Gasteiger charge is 2.11. The Morgan fingerprint density at radius 1 is 1.17 bits per heavy atom. The molecule has 0 aliphatic heterocycles. The molecule has 0 radical (unpaired) electrons. The van der Waals surface area contributed by atoms with Gasteiger partial charge in [0.25, 0.3) is 0 Å². The maximum atomic E-state index is 11.9. The number of para-hydroxylation sites is 2. The number of carbonyl (C=O) groups excluding carboxylic acids is 1. The number of esters is 1. The summed E-state index contributed by atoms with van der Waals surface area (Å²) in [5.41, 5.74) is 1.55. The summed E-state index contributed by atoms with van der Waals surface area (Å²) in [6.45, 7) is 2.02. The molecule has 0 fully saturated rings. The van der Waals surface area contributed by atoms with E-state index in [2.05, 4.69) is 0 Å². The number of benzene rings is 2. The van der Waals surface area contributed by atoms with Crippen molar-refractivity contribution in [1.82, 2.24) is 0 Å². The highest BCUT2D eigenvalue weighted by molar-refractivity contribution is 5.91. The van der Waals surface area contributed by atoms with Crippen LogP contribution in [0, 0.1) is 0 Å². The topological polar surface area (TPSA) is 46.5 Å². The lowest BCUT2D eigenvalue weighted by molar-refractivity contribution is 0.0729. The minimum absolute atomic E-state index is 0.0440. The largest absolute Gasteiger partial charge is 0.504 e. The Morgan fingerprint density at radius 2 is 1.94 bits per heavy atom. The molecule has 0 aliphatic rings. The summed E-state index contributed by atoms with van der Waals surface area (Å²) in [4.78, 5) is 11.9. The molecule has 0 heterocycles. The van der Waals surface area contributed by atoms with Crippen LogP contribution in [0.4, 0.5) is 0 Å². The van der Waals surface area contributed by atoms with Crippen molar-refractivity contribution in [1.29, 1.82) is 0 Å². The van der Waals surface area contributed by atoms with Crippen LogP contribution in [0.15, 0.2) is 48.5 Å². The van der Waals surface area contributed by atoms with Gasteiger partial charge in [0.1, 0.15) is 0 Å². The van der Waals surface area contributed by atoms with E-state index in [1.165, 1.54) is 6.07 Å². The smallest absolute Gasteiger partial charge is 0.343 e. The van der Waals surface area contributed by atoms with E-state index in [0.717, 1.165) is 12.0 Å². The fourth-order valence-corrected chi connectivity index (χ4v) is 1.62. The van der Waals surface area contributed by atoms with Gasteiger partial charge in [0.05, 0.1) is 5.56 Å². The normalized spacial score (nSPS) is 10.1. The Labute approximate surface area is 106 Å². The van der Waals surface area contributed by atoms with Crippen LogP contribution in [0.5, 0.6) is 11.5 Å². The van der Waals surface area contributed by atoms with Gasteiger partial charge in [-0.1, -0.05) is 31.2 Å². The van der Waals surface area contributed by atoms with Crippen LogP contribution >= 0.6 is 0 Å². The lowest BCUT2D eigenvalue weighted by atomic mass is 10.1. The number of phenolic OH excluding ortho intramolecular Hbond substituents is 1. The summed E-state index contributed by atoms with van der Waals surface area (Å²) in [6.07, 6.45) is 0.859. The molecule has 2 rings (SSSR count). The number of aryl methyl sites for hydroxylation is 1. The Morgan fingerprint density at radius 3 is 2.67 bits per heavy atom. The fourth-order valence-electron chi connectivity index (χ4n) is 1.62. The highest BCUT2D eigenvalue weighted by atomic mass is 16.5. The van der Waals surface area contributed by atoms with Crippen LogP contribution in [-0.2, 0) is 6.42 Å². The summed E-state index contributed by atoms with van der Waals surface area (Å²) in [5.74, 6) is -0.339. The van der Waals surface area contributed by atoms with Gasteiger partial charge in [-0.05, 0) is 36.2 Å². The second kappa shape index (κ2) is 5.36. The van der Waals surface area contributed by atoms with E-state index < -0.39 is 5.97 Å². The van der Waals surface area contributed by atoms with E-state index in [1.54, 1.807) is 30.3 Å². The predicted octanol–water partition coefficient (Wildman–Crippen LogP) is 3.17. The Balaban J connectivity index is 2.19. The Bertz CT molecular complexity index is 561. The number of phenols is 1. The number of rotatable bonds is 3. The highest BCUT2D eigenvalue weighted by Crippen LogP contribution is 2.25. The molecular weight excluding hydrogens is 228 g/mol. The molecule has 0 aromatic heterocycles. The third-order valence-corrected chi connectivity index (χ3v) is 2.64. The third-order valence-electron chi connectivity index (χ3n) is 2.64. The first-order valence-electron chi connectivity index (χ1n) is 5.80. The Hall–Kier alpha value is -2.29. The van der Waals surface area contributed by atoms with Gasteiger partial charge < -0.3 is 9.84 Å². The summed E-state index contributed by atoms with van der Waals surface area (Å²) < 4.78 is 5.14. The molecule has 0 saturated carbocycles.